The first-order valence-electron chi connectivity index (χ1n) is 7.79. The highest BCUT2D eigenvalue weighted by molar-refractivity contribution is 8.28. The number of aliphatic hydroxyl groups is 2. The topological polar surface area (TPSA) is 73.2 Å². The molecule has 1 aliphatic rings. The molecule has 0 aromatic heterocycles. The average molecular weight is 373 g/mol. The SMILES string of the molecule is CS(=S)CC(=O)N1CCN(COc2cc(CO)cc(CO)c2)CC1. The monoisotopic (exact) mass is 372 g/mol. The zero-order chi connectivity index (χ0) is 17.5. The number of carbonyl (C=O) groups is 1. The molecule has 1 aromatic rings. The second kappa shape index (κ2) is 9.43. The smallest absolute Gasteiger partial charge is 0.232 e. The van der Waals surface area contributed by atoms with E-state index in [9.17, 15) is 15.0 Å². The molecule has 134 valence electrons. The van der Waals surface area contributed by atoms with Crippen molar-refractivity contribution >= 4 is 26.5 Å². The lowest BCUT2D eigenvalue weighted by Crippen LogP contribution is -2.50. The third-order valence-corrected chi connectivity index (χ3v) is 4.86. The van der Waals surface area contributed by atoms with Crippen LogP contribution in [0.1, 0.15) is 11.1 Å². The maximum absolute atomic E-state index is 12.0. The van der Waals surface area contributed by atoms with Crippen LogP contribution < -0.4 is 4.74 Å². The molecule has 8 heteroatoms. The summed E-state index contributed by atoms with van der Waals surface area (Å²) in [6.07, 6.45) is 1.90. The van der Waals surface area contributed by atoms with Crippen molar-refractivity contribution in [2.45, 2.75) is 13.2 Å². The van der Waals surface area contributed by atoms with Crippen molar-refractivity contribution in [3.05, 3.63) is 29.3 Å². The average Bonchev–Trinajstić information content (AvgIpc) is 2.59. The first-order chi connectivity index (χ1) is 11.5. The number of piperazine rings is 1. The van der Waals surface area contributed by atoms with Gasteiger partial charge in [-0.05, 0) is 29.5 Å². The van der Waals surface area contributed by atoms with Crippen LogP contribution in [-0.2, 0) is 38.7 Å². The van der Waals surface area contributed by atoms with Gasteiger partial charge in [-0.25, -0.2) is 0 Å². The zero-order valence-electron chi connectivity index (χ0n) is 13.8. The summed E-state index contributed by atoms with van der Waals surface area (Å²) in [7, 11) is -0.278. The number of amides is 1. The molecule has 1 amide bonds. The molecule has 1 heterocycles. The molecule has 0 radical (unpaired) electrons. The fourth-order valence-electron chi connectivity index (χ4n) is 2.55. The molecular weight excluding hydrogens is 348 g/mol. The van der Waals surface area contributed by atoms with Gasteiger partial charge >= 0.3 is 0 Å². The van der Waals surface area contributed by atoms with Gasteiger partial charge in [-0.15, -0.1) is 9.45 Å². The highest BCUT2D eigenvalue weighted by atomic mass is 32.8. The van der Waals surface area contributed by atoms with Crippen LogP contribution in [0.5, 0.6) is 5.75 Å². The van der Waals surface area contributed by atoms with E-state index in [2.05, 4.69) is 4.90 Å². The minimum Gasteiger partial charge on any atom is -0.478 e. The Balaban J connectivity index is 1.82. The predicted octanol–water partition coefficient (Wildman–Crippen LogP) is -0.138. The molecule has 1 unspecified atom stereocenters. The second-order valence-corrected chi connectivity index (χ2v) is 8.93. The number of benzene rings is 1. The van der Waals surface area contributed by atoms with E-state index in [0.29, 0.717) is 42.4 Å². The van der Waals surface area contributed by atoms with E-state index in [4.69, 9.17) is 15.9 Å². The maximum Gasteiger partial charge on any atom is 0.232 e. The highest BCUT2D eigenvalue weighted by Crippen LogP contribution is 2.18. The van der Waals surface area contributed by atoms with E-state index >= 15 is 0 Å². The van der Waals surface area contributed by atoms with E-state index in [-0.39, 0.29) is 28.6 Å². The highest BCUT2D eigenvalue weighted by Gasteiger charge is 2.21. The minimum atomic E-state index is -0.278. The summed E-state index contributed by atoms with van der Waals surface area (Å²) < 4.78 is 5.78. The molecule has 1 atom stereocenters. The number of rotatable bonds is 7. The van der Waals surface area contributed by atoms with Crippen LogP contribution >= 0.6 is 0 Å². The summed E-state index contributed by atoms with van der Waals surface area (Å²) in [5, 5.41) is 18.5. The Kier molecular flexibility index (Phi) is 7.57. The third-order valence-electron chi connectivity index (χ3n) is 3.86. The summed E-state index contributed by atoms with van der Waals surface area (Å²) in [5.74, 6) is 1.22. The van der Waals surface area contributed by atoms with Gasteiger partial charge in [-0.2, -0.15) is 0 Å². The van der Waals surface area contributed by atoms with Gasteiger partial charge in [0.15, 0.2) is 0 Å². The van der Waals surface area contributed by atoms with Crippen molar-refractivity contribution in [2.75, 3.05) is 44.9 Å². The van der Waals surface area contributed by atoms with Gasteiger partial charge < -0.3 is 19.8 Å². The van der Waals surface area contributed by atoms with Gasteiger partial charge in [0.25, 0.3) is 0 Å². The molecule has 1 aliphatic heterocycles. The molecule has 0 saturated carbocycles. The molecule has 1 aromatic carbocycles. The molecule has 1 saturated heterocycles. The molecule has 2 rings (SSSR count). The summed E-state index contributed by atoms with van der Waals surface area (Å²) >= 11 is 5.10. The zero-order valence-corrected chi connectivity index (χ0v) is 15.4. The Morgan fingerprint density at radius 2 is 1.75 bits per heavy atom. The van der Waals surface area contributed by atoms with Crippen molar-refractivity contribution in [1.29, 1.82) is 0 Å². The Labute approximate surface area is 149 Å². The maximum atomic E-state index is 12.0. The van der Waals surface area contributed by atoms with Crippen LogP contribution in [0.3, 0.4) is 0 Å². The lowest BCUT2D eigenvalue weighted by molar-refractivity contribution is -0.130. The number of hydrogen-bond donors (Lipinski definition) is 2. The fourth-order valence-corrected chi connectivity index (χ4v) is 3.38. The van der Waals surface area contributed by atoms with Crippen molar-refractivity contribution < 1.29 is 19.7 Å². The largest absolute Gasteiger partial charge is 0.478 e. The van der Waals surface area contributed by atoms with Gasteiger partial charge in [-0.1, -0.05) is 17.3 Å². The summed E-state index contributed by atoms with van der Waals surface area (Å²) in [4.78, 5) is 16.0. The molecule has 0 aliphatic carbocycles. The first kappa shape index (κ1) is 19.3. The molecular formula is C16H24N2O4S2. The van der Waals surface area contributed by atoms with E-state index < -0.39 is 0 Å². The molecule has 0 spiro atoms. The molecule has 0 bridgehead atoms. The summed E-state index contributed by atoms with van der Waals surface area (Å²) in [5.41, 5.74) is 1.43. The molecule has 24 heavy (non-hydrogen) atoms. The Morgan fingerprint density at radius 1 is 1.17 bits per heavy atom. The third kappa shape index (κ3) is 5.78. The van der Waals surface area contributed by atoms with E-state index in [0.717, 1.165) is 13.1 Å². The van der Waals surface area contributed by atoms with Crippen LogP contribution in [0, 0.1) is 0 Å². The Hall–Kier alpha value is -1.06. The van der Waals surface area contributed by atoms with E-state index in [1.165, 1.54) is 0 Å². The molecule has 2 N–H and O–H groups in total. The molecule has 6 nitrogen and oxygen atoms in total. The van der Waals surface area contributed by atoms with Crippen LogP contribution in [0.4, 0.5) is 0 Å². The fraction of sp³-hybridized carbons (Fsp3) is 0.562. The van der Waals surface area contributed by atoms with Crippen molar-refractivity contribution in [2.24, 2.45) is 0 Å². The summed E-state index contributed by atoms with van der Waals surface area (Å²) in [6.45, 7) is 3.13. The second-order valence-electron chi connectivity index (χ2n) is 5.79. The lowest BCUT2D eigenvalue weighted by atomic mass is 10.1. The first-order valence-corrected chi connectivity index (χ1v) is 10.5. The van der Waals surface area contributed by atoms with Crippen LogP contribution in [0.25, 0.3) is 0 Å². The Bertz CT molecular complexity index is 567. The number of ether oxygens (including phenoxy) is 1. The van der Waals surface area contributed by atoms with Crippen molar-refractivity contribution in [3.8, 4) is 5.75 Å². The van der Waals surface area contributed by atoms with E-state index in [1.54, 1.807) is 18.2 Å². The minimum absolute atomic E-state index is 0.0903. The Morgan fingerprint density at radius 3 is 2.25 bits per heavy atom. The van der Waals surface area contributed by atoms with Crippen LogP contribution in [-0.4, -0.2) is 70.8 Å². The van der Waals surface area contributed by atoms with Crippen LogP contribution in [0.2, 0.25) is 0 Å². The van der Waals surface area contributed by atoms with Gasteiger partial charge in [0.1, 0.15) is 12.5 Å². The quantitative estimate of drug-likeness (QED) is 0.694. The van der Waals surface area contributed by atoms with Gasteiger partial charge in [0.05, 0.1) is 19.0 Å². The standard InChI is InChI=1S/C16H24N2O4S2/c1-24(23)11-16(21)18-4-2-17(3-5-18)12-22-15-7-13(9-19)6-14(8-15)10-20/h6-8,19-20H,2-5,9-12H2,1H3. The normalized spacial score (nSPS) is 16.9. The van der Waals surface area contributed by atoms with Crippen LogP contribution in [0.15, 0.2) is 18.2 Å². The van der Waals surface area contributed by atoms with Crippen molar-refractivity contribution in [3.63, 3.8) is 0 Å². The van der Waals surface area contributed by atoms with E-state index in [1.807, 2.05) is 11.2 Å². The van der Waals surface area contributed by atoms with Gasteiger partial charge in [0.2, 0.25) is 5.91 Å². The number of nitrogens with zero attached hydrogens (tertiary/aromatic N) is 2. The number of hydrogen-bond acceptors (Lipinski definition) is 6. The predicted molar refractivity (Wildman–Crippen MR) is 97.5 cm³/mol. The van der Waals surface area contributed by atoms with Gasteiger partial charge in [0, 0.05) is 26.2 Å². The molecule has 1 fully saturated rings. The number of aliphatic hydroxyl groups excluding tert-OH is 2. The van der Waals surface area contributed by atoms with Gasteiger partial charge in [-0.3, -0.25) is 9.69 Å². The van der Waals surface area contributed by atoms with Crippen molar-refractivity contribution in [1.82, 2.24) is 9.80 Å². The summed E-state index contributed by atoms with van der Waals surface area (Å²) in [6, 6.07) is 5.29. The number of carbonyl (C=O) groups excluding carboxylic acids is 1. The lowest BCUT2D eigenvalue weighted by Gasteiger charge is -2.34.